The van der Waals surface area contributed by atoms with E-state index < -0.39 is 23.2 Å². The maximum Gasteiger partial charge on any atom is 0.487 e. The maximum atomic E-state index is 13.7. The number of halogens is 6. The lowest BCUT2D eigenvalue weighted by molar-refractivity contribution is -0.137. The molecule has 4 rings (SSSR count). The van der Waals surface area contributed by atoms with E-state index in [9.17, 15) is 26.7 Å². The van der Waals surface area contributed by atoms with Gasteiger partial charge in [0.2, 0.25) is 0 Å². The van der Waals surface area contributed by atoms with E-state index >= 15 is 0 Å². The number of carbonyl (C=O) groups is 1. The van der Waals surface area contributed by atoms with Gasteiger partial charge in [-0.1, -0.05) is 24.3 Å². The number of ether oxygens (including phenoxy) is 1. The molecular formula is C25H15ClF5N3O2. The fourth-order valence-electron chi connectivity index (χ4n) is 3.43. The summed E-state index contributed by atoms with van der Waals surface area (Å²) in [5, 5.41) is 2.57. The molecule has 0 unspecified atom stereocenters. The molecule has 1 amide bonds. The molecule has 11 heteroatoms. The predicted octanol–water partition coefficient (Wildman–Crippen LogP) is 7.25. The van der Waals surface area contributed by atoms with Crippen LogP contribution in [0.25, 0.3) is 22.4 Å². The van der Waals surface area contributed by atoms with Crippen LogP contribution in [0.15, 0.2) is 85.3 Å². The van der Waals surface area contributed by atoms with Crippen LogP contribution in [0.3, 0.4) is 0 Å². The monoisotopic (exact) mass is 519 g/mol. The van der Waals surface area contributed by atoms with Gasteiger partial charge < -0.3 is 10.1 Å². The number of anilines is 1. The number of benzene rings is 2. The fraction of sp³-hybridized carbons (Fsp3) is 0.0800. The zero-order valence-electron chi connectivity index (χ0n) is 18.1. The van der Waals surface area contributed by atoms with E-state index in [1.165, 1.54) is 60.9 Å². The highest BCUT2D eigenvalue weighted by Gasteiger charge is 2.34. The molecule has 0 radical (unpaired) electrons. The van der Waals surface area contributed by atoms with Crippen molar-refractivity contribution in [2.24, 2.45) is 0 Å². The van der Waals surface area contributed by atoms with Crippen molar-refractivity contribution in [1.29, 1.82) is 0 Å². The van der Waals surface area contributed by atoms with Crippen LogP contribution in [0.5, 0.6) is 5.75 Å². The first-order chi connectivity index (χ1) is 17.0. The summed E-state index contributed by atoms with van der Waals surface area (Å²) in [7, 11) is 0. The van der Waals surface area contributed by atoms with Gasteiger partial charge in [0.25, 0.3) is 5.91 Å². The Kier molecular flexibility index (Phi) is 6.89. The smallest absolute Gasteiger partial charge is 0.420 e. The van der Waals surface area contributed by atoms with Crippen molar-refractivity contribution >= 4 is 23.2 Å². The van der Waals surface area contributed by atoms with E-state index in [-0.39, 0.29) is 33.8 Å². The van der Waals surface area contributed by atoms with Crippen LogP contribution in [-0.2, 0) is 6.18 Å². The van der Waals surface area contributed by atoms with Gasteiger partial charge in [-0.05, 0) is 42.5 Å². The van der Waals surface area contributed by atoms with Crippen LogP contribution in [0.1, 0.15) is 15.9 Å². The molecule has 2 heterocycles. The first-order valence-corrected chi connectivity index (χ1v) is 10.6. The van der Waals surface area contributed by atoms with Crippen LogP contribution >= 0.6 is 11.6 Å². The average molecular weight is 520 g/mol. The van der Waals surface area contributed by atoms with Crippen molar-refractivity contribution in [2.45, 2.75) is 11.7 Å². The largest absolute Gasteiger partial charge is 0.487 e. The van der Waals surface area contributed by atoms with Gasteiger partial charge in [0.1, 0.15) is 5.75 Å². The number of pyridine rings is 2. The second-order valence-corrected chi connectivity index (χ2v) is 7.87. The van der Waals surface area contributed by atoms with Crippen molar-refractivity contribution in [3.8, 4) is 28.1 Å². The number of rotatable bonds is 6. The van der Waals surface area contributed by atoms with Gasteiger partial charge in [-0.2, -0.15) is 13.2 Å². The highest BCUT2D eigenvalue weighted by molar-refractivity contribution is 6.20. The molecule has 0 saturated heterocycles. The van der Waals surface area contributed by atoms with Gasteiger partial charge in [-0.25, -0.2) is 0 Å². The Morgan fingerprint density at radius 1 is 0.889 bits per heavy atom. The van der Waals surface area contributed by atoms with Crippen LogP contribution in [0.2, 0.25) is 0 Å². The van der Waals surface area contributed by atoms with Crippen LogP contribution < -0.4 is 10.1 Å². The Morgan fingerprint density at radius 3 is 2.25 bits per heavy atom. The van der Waals surface area contributed by atoms with Gasteiger partial charge in [-0.3, -0.25) is 14.8 Å². The molecule has 0 saturated carbocycles. The van der Waals surface area contributed by atoms with Gasteiger partial charge >= 0.3 is 11.7 Å². The Balaban J connectivity index is 1.70. The Hall–Kier alpha value is -4.05. The Bertz CT molecular complexity index is 1380. The molecule has 0 atom stereocenters. The maximum absolute atomic E-state index is 13.7. The molecule has 0 spiro atoms. The highest BCUT2D eigenvalue weighted by atomic mass is 35.5. The van der Waals surface area contributed by atoms with Crippen molar-refractivity contribution < 1.29 is 31.5 Å². The van der Waals surface area contributed by atoms with Crippen LogP contribution in [0, 0.1) is 0 Å². The zero-order chi connectivity index (χ0) is 25.9. The topological polar surface area (TPSA) is 64.1 Å². The Morgan fingerprint density at radius 2 is 1.61 bits per heavy atom. The molecule has 4 aromatic rings. The lowest BCUT2D eigenvalue weighted by Crippen LogP contribution is -2.16. The van der Waals surface area contributed by atoms with E-state index in [0.29, 0.717) is 5.56 Å². The summed E-state index contributed by atoms with van der Waals surface area (Å²) in [6.45, 7) is 0. The predicted molar refractivity (Wildman–Crippen MR) is 124 cm³/mol. The number of alkyl halides is 6. The molecular weight excluding hydrogens is 505 g/mol. The molecule has 184 valence electrons. The van der Waals surface area contributed by atoms with Crippen LogP contribution in [-0.4, -0.2) is 21.4 Å². The minimum atomic E-state index is -4.62. The molecule has 0 aliphatic heterocycles. The molecule has 5 nitrogen and oxygen atoms in total. The standard InChI is InChI=1S/C25H15ClF5N3O2/c26-25(30,31)36-18-9-7-17(8-10-18)34-23(35)16-12-20(15-4-3-11-32-13-15)22(33-14-16)19-5-1-2-6-21(19)24(27,28)29/h1-14H,(H,34,35). The van der Waals surface area contributed by atoms with E-state index in [4.69, 9.17) is 11.6 Å². The third kappa shape index (κ3) is 5.95. The second-order valence-electron chi connectivity index (χ2n) is 7.43. The summed E-state index contributed by atoms with van der Waals surface area (Å²) >= 11 is 4.73. The van der Waals surface area contributed by atoms with Gasteiger partial charge in [0, 0.05) is 52.6 Å². The van der Waals surface area contributed by atoms with Gasteiger partial charge in [-0.15, -0.1) is 8.78 Å². The van der Waals surface area contributed by atoms with E-state index in [1.807, 2.05) is 0 Å². The minimum absolute atomic E-state index is 0.0241. The number of carbonyl (C=O) groups excluding carboxylic acids is 1. The molecule has 1 N–H and O–H groups in total. The number of hydrogen-bond acceptors (Lipinski definition) is 4. The van der Waals surface area contributed by atoms with Crippen molar-refractivity contribution in [1.82, 2.24) is 9.97 Å². The average Bonchev–Trinajstić information content (AvgIpc) is 2.84. The summed E-state index contributed by atoms with van der Waals surface area (Å²) in [5.41, 5.74) is -3.86. The van der Waals surface area contributed by atoms with Crippen LogP contribution in [0.4, 0.5) is 27.6 Å². The minimum Gasteiger partial charge on any atom is -0.420 e. The molecule has 2 aromatic carbocycles. The number of hydrogen-bond donors (Lipinski definition) is 1. The number of aromatic nitrogens is 2. The summed E-state index contributed by atoms with van der Waals surface area (Å²) in [6, 6.07) is 14.7. The molecule has 36 heavy (non-hydrogen) atoms. The molecule has 0 aliphatic rings. The van der Waals surface area contributed by atoms with Gasteiger partial charge in [0.15, 0.2) is 0 Å². The van der Waals surface area contributed by atoms with E-state index in [2.05, 4.69) is 20.0 Å². The number of nitrogens with one attached hydrogen (secondary N) is 1. The molecule has 0 aliphatic carbocycles. The lowest BCUT2D eigenvalue weighted by atomic mass is 9.95. The first kappa shape index (κ1) is 25.1. The summed E-state index contributed by atoms with van der Waals surface area (Å²) in [6.07, 6.45) is -0.513. The molecule has 0 bridgehead atoms. The molecule has 2 aromatic heterocycles. The summed E-state index contributed by atoms with van der Waals surface area (Å²) < 4.78 is 70.8. The third-order valence-corrected chi connectivity index (χ3v) is 5.03. The van der Waals surface area contributed by atoms with E-state index in [0.717, 1.165) is 12.3 Å². The lowest BCUT2D eigenvalue weighted by Gasteiger charge is -2.16. The van der Waals surface area contributed by atoms with Crippen molar-refractivity contribution in [3.05, 3.63) is 96.4 Å². The van der Waals surface area contributed by atoms with E-state index in [1.54, 1.807) is 12.1 Å². The molecule has 0 fully saturated rings. The number of nitrogens with zero attached hydrogens (tertiary/aromatic N) is 2. The quantitative estimate of drug-likeness (QED) is 0.215. The SMILES string of the molecule is O=C(Nc1ccc(OC(F)(F)Cl)cc1)c1cnc(-c2ccccc2C(F)(F)F)c(-c2cccnc2)c1. The fourth-order valence-corrected chi connectivity index (χ4v) is 3.51. The second kappa shape index (κ2) is 9.90. The highest BCUT2D eigenvalue weighted by Crippen LogP contribution is 2.40. The van der Waals surface area contributed by atoms with Crippen molar-refractivity contribution in [3.63, 3.8) is 0 Å². The third-order valence-electron chi connectivity index (χ3n) is 4.96. The zero-order valence-corrected chi connectivity index (χ0v) is 18.8. The van der Waals surface area contributed by atoms with Gasteiger partial charge in [0.05, 0.1) is 16.8 Å². The van der Waals surface area contributed by atoms with Crippen molar-refractivity contribution in [2.75, 3.05) is 5.32 Å². The number of amides is 1. The normalized spacial score (nSPS) is 11.7. The Labute approximate surface area is 206 Å². The first-order valence-electron chi connectivity index (χ1n) is 10.3. The summed E-state index contributed by atoms with van der Waals surface area (Å²) in [5.74, 6) is -0.846. The summed E-state index contributed by atoms with van der Waals surface area (Å²) in [4.78, 5) is 21.1.